The van der Waals surface area contributed by atoms with E-state index < -0.39 is 0 Å². The normalized spacial score (nSPS) is 10.8. The van der Waals surface area contributed by atoms with E-state index in [0.717, 1.165) is 16.8 Å². The number of halogens is 1. The first-order chi connectivity index (χ1) is 7.04. The molecule has 0 fully saturated rings. The van der Waals surface area contributed by atoms with Crippen molar-refractivity contribution in [1.82, 2.24) is 4.98 Å². The van der Waals surface area contributed by atoms with Gasteiger partial charge in [0.25, 0.3) is 0 Å². The van der Waals surface area contributed by atoms with Crippen LogP contribution in [0.2, 0.25) is 0 Å². The van der Waals surface area contributed by atoms with Crippen molar-refractivity contribution in [2.45, 2.75) is 33.6 Å². The van der Waals surface area contributed by atoms with Crippen LogP contribution in [0.1, 0.15) is 30.7 Å². The van der Waals surface area contributed by atoms with Gasteiger partial charge in [0.05, 0.1) is 12.5 Å². The van der Waals surface area contributed by atoms with Crippen LogP contribution in [0, 0.1) is 19.8 Å². The Morgan fingerprint density at radius 3 is 2.60 bits per heavy atom. The molecule has 0 spiro atoms. The molecule has 0 saturated heterocycles. The Morgan fingerprint density at radius 2 is 2.07 bits per heavy atom. The van der Waals surface area contributed by atoms with E-state index in [1.807, 2.05) is 19.9 Å². The monoisotopic (exact) mass is 227 g/mol. The van der Waals surface area contributed by atoms with E-state index in [1.165, 1.54) is 0 Å². The fourth-order valence-corrected chi connectivity index (χ4v) is 1.68. The molecule has 1 aromatic rings. The molecule has 0 saturated carbocycles. The Balaban J connectivity index is 2.93. The van der Waals surface area contributed by atoms with Crippen molar-refractivity contribution >= 4 is 11.6 Å². The van der Waals surface area contributed by atoms with E-state index >= 15 is 0 Å². The lowest BCUT2D eigenvalue weighted by Crippen LogP contribution is -2.08. The minimum absolute atomic E-state index is 0.451. The van der Waals surface area contributed by atoms with Crippen molar-refractivity contribution in [3.63, 3.8) is 0 Å². The predicted octanol–water partition coefficient (Wildman–Crippen LogP) is 3.47. The number of rotatable bonds is 4. The third-order valence-electron chi connectivity index (χ3n) is 2.12. The number of nitrogens with zero attached hydrogens (tertiary/aromatic N) is 1. The molecule has 2 nitrogen and oxygen atoms in total. The fraction of sp³-hybridized carbons (Fsp3) is 0.583. The maximum Gasteiger partial charge on any atom is 0.218 e. The highest BCUT2D eigenvalue weighted by molar-refractivity contribution is 6.17. The zero-order valence-electron chi connectivity index (χ0n) is 9.80. The largest absolute Gasteiger partial charge is 0.477 e. The van der Waals surface area contributed by atoms with Gasteiger partial charge in [-0.1, -0.05) is 13.8 Å². The standard InChI is InChI=1S/C12H18ClNO/c1-8(2)7-15-12-11(6-13)9(3)5-10(4)14-12/h5,8H,6-7H2,1-4H3. The zero-order chi connectivity index (χ0) is 11.4. The number of pyridine rings is 1. The highest BCUT2D eigenvalue weighted by Crippen LogP contribution is 2.23. The second-order valence-corrected chi connectivity index (χ2v) is 4.47. The molecule has 0 aliphatic heterocycles. The molecule has 1 aromatic heterocycles. The molecule has 0 aliphatic rings. The van der Waals surface area contributed by atoms with Crippen LogP contribution in [0.25, 0.3) is 0 Å². The summed E-state index contributed by atoms with van der Waals surface area (Å²) in [5, 5.41) is 0. The first-order valence-electron chi connectivity index (χ1n) is 5.20. The van der Waals surface area contributed by atoms with Crippen LogP contribution in [-0.2, 0) is 5.88 Å². The summed E-state index contributed by atoms with van der Waals surface area (Å²) in [5.74, 6) is 1.64. The molecule has 1 heterocycles. The average Bonchev–Trinajstić information content (AvgIpc) is 2.13. The van der Waals surface area contributed by atoms with Crippen LogP contribution in [0.5, 0.6) is 5.88 Å². The summed E-state index contributed by atoms with van der Waals surface area (Å²) in [4.78, 5) is 4.37. The van der Waals surface area contributed by atoms with Crippen LogP contribution in [0.4, 0.5) is 0 Å². The van der Waals surface area contributed by atoms with E-state index in [4.69, 9.17) is 16.3 Å². The summed E-state index contributed by atoms with van der Waals surface area (Å²) in [5.41, 5.74) is 3.12. The summed E-state index contributed by atoms with van der Waals surface area (Å²) in [6, 6.07) is 2.03. The van der Waals surface area contributed by atoms with Crippen molar-refractivity contribution < 1.29 is 4.74 Å². The van der Waals surface area contributed by atoms with Gasteiger partial charge in [-0.3, -0.25) is 0 Å². The van der Waals surface area contributed by atoms with Gasteiger partial charge in [0.15, 0.2) is 0 Å². The van der Waals surface area contributed by atoms with Gasteiger partial charge in [-0.15, -0.1) is 11.6 Å². The minimum atomic E-state index is 0.451. The predicted molar refractivity (Wildman–Crippen MR) is 63.6 cm³/mol. The summed E-state index contributed by atoms with van der Waals surface area (Å²) in [6.45, 7) is 8.91. The summed E-state index contributed by atoms with van der Waals surface area (Å²) in [7, 11) is 0. The van der Waals surface area contributed by atoms with Crippen LogP contribution in [0.15, 0.2) is 6.07 Å². The van der Waals surface area contributed by atoms with Gasteiger partial charge in [-0.25, -0.2) is 4.98 Å². The molecule has 15 heavy (non-hydrogen) atoms. The molecule has 0 unspecified atom stereocenters. The van der Waals surface area contributed by atoms with Gasteiger partial charge in [-0.2, -0.15) is 0 Å². The quantitative estimate of drug-likeness (QED) is 0.735. The Hall–Kier alpha value is -0.760. The maximum atomic E-state index is 5.89. The minimum Gasteiger partial charge on any atom is -0.477 e. The van der Waals surface area contributed by atoms with E-state index in [-0.39, 0.29) is 0 Å². The van der Waals surface area contributed by atoms with Gasteiger partial charge < -0.3 is 4.74 Å². The third-order valence-corrected chi connectivity index (χ3v) is 2.39. The highest BCUT2D eigenvalue weighted by Gasteiger charge is 2.09. The van der Waals surface area contributed by atoms with Gasteiger partial charge in [0.1, 0.15) is 0 Å². The molecular formula is C12H18ClNO. The molecule has 3 heteroatoms. The van der Waals surface area contributed by atoms with E-state index in [9.17, 15) is 0 Å². The number of aryl methyl sites for hydroxylation is 2. The molecule has 0 aliphatic carbocycles. The Kier molecular flexibility index (Phi) is 4.40. The van der Waals surface area contributed by atoms with Gasteiger partial charge in [0, 0.05) is 11.3 Å². The van der Waals surface area contributed by atoms with Crippen molar-refractivity contribution in [2.75, 3.05) is 6.61 Å². The third kappa shape index (κ3) is 3.38. The zero-order valence-corrected chi connectivity index (χ0v) is 10.6. The lowest BCUT2D eigenvalue weighted by molar-refractivity contribution is 0.258. The smallest absolute Gasteiger partial charge is 0.218 e. The molecule has 0 bridgehead atoms. The van der Waals surface area contributed by atoms with Crippen LogP contribution < -0.4 is 4.74 Å². The lowest BCUT2D eigenvalue weighted by atomic mass is 10.1. The molecule has 0 N–H and O–H groups in total. The second-order valence-electron chi connectivity index (χ2n) is 4.20. The molecule has 0 amide bonds. The van der Waals surface area contributed by atoms with E-state index in [0.29, 0.717) is 24.3 Å². The van der Waals surface area contributed by atoms with E-state index in [1.54, 1.807) is 0 Å². The van der Waals surface area contributed by atoms with Crippen LogP contribution in [0.3, 0.4) is 0 Å². The molecular weight excluding hydrogens is 210 g/mol. The number of ether oxygens (including phenoxy) is 1. The molecule has 0 atom stereocenters. The number of hydrogen-bond donors (Lipinski definition) is 0. The summed E-state index contributed by atoms with van der Waals surface area (Å²) in [6.07, 6.45) is 0. The van der Waals surface area contributed by atoms with Crippen LogP contribution in [-0.4, -0.2) is 11.6 Å². The van der Waals surface area contributed by atoms with Crippen molar-refractivity contribution in [1.29, 1.82) is 0 Å². The number of hydrogen-bond acceptors (Lipinski definition) is 2. The fourth-order valence-electron chi connectivity index (χ4n) is 1.36. The SMILES string of the molecule is Cc1cc(C)c(CCl)c(OCC(C)C)n1. The molecule has 0 radical (unpaired) electrons. The maximum absolute atomic E-state index is 5.89. The topological polar surface area (TPSA) is 22.1 Å². The van der Waals surface area contributed by atoms with Gasteiger partial charge >= 0.3 is 0 Å². The lowest BCUT2D eigenvalue weighted by Gasteiger charge is -2.13. The van der Waals surface area contributed by atoms with Crippen molar-refractivity contribution in [3.8, 4) is 5.88 Å². The molecule has 84 valence electrons. The van der Waals surface area contributed by atoms with E-state index in [2.05, 4.69) is 18.8 Å². The van der Waals surface area contributed by atoms with Crippen molar-refractivity contribution in [2.24, 2.45) is 5.92 Å². The Bertz CT molecular complexity index is 337. The summed E-state index contributed by atoms with van der Waals surface area (Å²) < 4.78 is 5.66. The van der Waals surface area contributed by atoms with Crippen molar-refractivity contribution in [3.05, 3.63) is 22.9 Å². The molecule has 0 aromatic carbocycles. The number of aromatic nitrogens is 1. The molecule has 1 rings (SSSR count). The highest BCUT2D eigenvalue weighted by atomic mass is 35.5. The first kappa shape index (κ1) is 12.3. The second kappa shape index (κ2) is 5.36. The van der Waals surface area contributed by atoms with Crippen LogP contribution >= 0.6 is 11.6 Å². The van der Waals surface area contributed by atoms with Gasteiger partial charge in [-0.05, 0) is 31.4 Å². The average molecular weight is 228 g/mol. The summed E-state index contributed by atoms with van der Waals surface area (Å²) >= 11 is 5.89. The first-order valence-corrected chi connectivity index (χ1v) is 5.74. The Morgan fingerprint density at radius 1 is 1.40 bits per heavy atom. The van der Waals surface area contributed by atoms with Gasteiger partial charge in [0.2, 0.25) is 5.88 Å². The number of alkyl halides is 1. The Labute approximate surface area is 96.6 Å².